The lowest BCUT2D eigenvalue weighted by Crippen LogP contribution is -2.44. The molecule has 0 fully saturated rings. The zero-order chi connectivity index (χ0) is 19.8. The van der Waals surface area contributed by atoms with Crippen molar-refractivity contribution in [1.29, 1.82) is 0 Å². The van der Waals surface area contributed by atoms with Crippen LogP contribution in [0.5, 0.6) is 0 Å². The Morgan fingerprint density at radius 1 is 1.04 bits per heavy atom. The molecule has 144 valence electrons. The van der Waals surface area contributed by atoms with E-state index in [0.29, 0.717) is 6.42 Å². The second-order valence-electron chi connectivity index (χ2n) is 6.75. The van der Waals surface area contributed by atoms with Crippen molar-refractivity contribution in [3.8, 4) is 0 Å². The number of nitrogens with one attached hydrogen (secondary N) is 1. The lowest BCUT2D eigenvalue weighted by Gasteiger charge is -2.18. The molecule has 6 nitrogen and oxygen atoms in total. The largest absolute Gasteiger partial charge is 0.467 e. The molecule has 0 saturated carbocycles. The van der Waals surface area contributed by atoms with Crippen molar-refractivity contribution in [2.75, 3.05) is 13.7 Å². The molecule has 6 heteroatoms. The van der Waals surface area contributed by atoms with Crippen molar-refractivity contribution in [3.05, 3.63) is 48.0 Å². The van der Waals surface area contributed by atoms with Crippen LogP contribution >= 0.6 is 0 Å². The molecular formula is C21H25NO5. The standard InChI is InChI=1S/C21H25NO5/c1-14(2)11-18(21(25)26-3)22-19(23)13-27-20(24)12-16-9-6-8-15-7-4-5-10-17(15)16/h4-10,14,18H,11-13H2,1-3H3,(H,22,23)/t18-/m0/s1. The Hall–Kier alpha value is -2.89. The molecule has 0 unspecified atom stereocenters. The molecule has 0 radical (unpaired) electrons. The van der Waals surface area contributed by atoms with E-state index in [-0.39, 0.29) is 12.3 Å². The molecule has 2 aromatic rings. The number of fused-ring (bicyclic) bond motifs is 1. The second kappa shape index (κ2) is 9.71. The average molecular weight is 371 g/mol. The molecule has 0 aliphatic carbocycles. The lowest BCUT2D eigenvalue weighted by atomic mass is 10.0. The molecule has 0 heterocycles. The van der Waals surface area contributed by atoms with Gasteiger partial charge in [-0.05, 0) is 28.7 Å². The summed E-state index contributed by atoms with van der Waals surface area (Å²) < 4.78 is 9.77. The summed E-state index contributed by atoms with van der Waals surface area (Å²) in [5.41, 5.74) is 0.839. The van der Waals surface area contributed by atoms with Gasteiger partial charge in [0.05, 0.1) is 13.5 Å². The van der Waals surface area contributed by atoms with E-state index >= 15 is 0 Å². The third-order valence-corrected chi connectivity index (χ3v) is 4.11. The maximum Gasteiger partial charge on any atom is 0.328 e. The second-order valence-corrected chi connectivity index (χ2v) is 6.75. The van der Waals surface area contributed by atoms with E-state index in [9.17, 15) is 14.4 Å². The van der Waals surface area contributed by atoms with E-state index < -0.39 is 30.5 Å². The van der Waals surface area contributed by atoms with Gasteiger partial charge in [-0.15, -0.1) is 0 Å². The van der Waals surface area contributed by atoms with Crippen LogP contribution < -0.4 is 5.32 Å². The molecule has 2 aromatic carbocycles. The average Bonchev–Trinajstić information content (AvgIpc) is 2.65. The van der Waals surface area contributed by atoms with Gasteiger partial charge >= 0.3 is 11.9 Å². The summed E-state index contributed by atoms with van der Waals surface area (Å²) in [6.07, 6.45) is 0.517. The first-order chi connectivity index (χ1) is 12.9. The molecular weight excluding hydrogens is 346 g/mol. The molecule has 1 amide bonds. The highest BCUT2D eigenvalue weighted by atomic mass is 16.5. The molecule has 1 N–H and O–H groups in total. The first-order valence-corrected chi connectivity index (χ1v) is 8.90. The van der Waals surface area contributed by atoms with Gasteiger partial charge in [-0.25, -0.2) is 4.79 Å². The number of esters is 2. The quantitative estimate of drug-likeness (QED) is 0.722. The van der Waals surface area contributed by atoms with E-state index in [1.807, 2.05) is 56.3 Å². The number of hydrogen-bond acceptors (Lipinski definition) is 5. The van der Waals surface area contributed by atoms with E-state index in [2.05, 4.69) is 5.32 Å². The number of amides is 1. The number of carbonyl (C=O) groups is 3. The summed E-state index contributed by atoms with van der Waals surface area (Å²) in [5, 5.41) is 4.57. The summed E-state index contributed by atoms with van der Waals surface area (Å²) >= 11 is 0. The normalized spacial score (nSPS) is 11.9. The van der Waals surface area contributed by atoms with Gasteiger partial charge in [-0.2, -0.15) is 0 Å². The first kappa shape index (κ1) is 20.4. The van der Waals surface area contributed by atoms with Crippen molar-refractivity contribution in [2.24, 2.45) is 5.92 Å². The Balaban J connectivity index is 1.90. The predicted molar refractivity (Wildman–Crippen MR) is 102 cm³/mol. The summed E-state index contributed by atoms with van der Waals surface area (Å²) in [7, 11) is 1.27. The number of rotatable bonds is 8. The monoisotopic (exact) mass is 371 g/mol. The fourth-order valence-corrected chi connectivity index (χ4v) is 2.86. The van der Waals surface area contributed by atoms with Crippen LogP contribution in [0.1, 0.15) is 25.8 Å². The SMILES string of the molecule is COC(=O)[C@H](CC(C)C)NC(=O)COC(=O)Cc1cccc2ccccc12. The lowest BCUT2D eigenvalue weighted by molar-refractivity contribution is -0.150. The fourth-order valence-electron chi connectivity index (χ4n) is 2.86. The Morgan fingerprint density at radius 2 is 1.74 bits per heavy atom. The summed E-state index contributed by atoms with van der Waals surface area (Å²) in [4.78, 5) is 35.9. The number of methoxy groups -OCH3 is 1. The molecule has 1 atom stereocenters. The smallest absolute Gasteiger partial charge is 0.328 e. The molecule has 2 rings (SSSR count). The molecule has 27 heavy (non-hydrogen) atoms. The van der Waals surface area contributed by atoms with Crippen molar-refractivity contribution >= 4 is 28.6 Å². The van der Waals surface area contributed by atoms with Gasteiger partial charge in [0, 0.05) is 0 Å². The molecule has 0 saturated heterocycles. The van der Waals surface area contributed by atoms with Crippen molar-refractivity contribution in [1.82, 2.24) is 5.32 Å². The maximum absolute atomic E-state index is 12.1. The van der Waals surface area contributed by atoms with Gasteiger partial charge in [0.25, 0.3) is 5.91 Å². The van der Waals surface area contributed by atoms with E-state index in [1.54, 1.807) is 0 Å². The Labute approximate surface area is 158 Å². The third kappa shape index (κ3) is 6.09. The molecule has 0 aromatic heterocycles. The third-order valence-electron chi connectivity index (χ3n) is 4.11. The minimum absolute atomic E-state index is 0.0705. The van der Waals surface area contributed by atoms with Crippen molar-refractivity contribution < 1.29 is 23.9 Å². The highest BCUT2D eigenvalue weighted by molar-refractivity contribution is 5.90. The van der Waals surface area contributed by atoms with Crippen LogP contribution in [-0.2, 0) is 30.3 Å². The first-order valence-electron chi connectivity index (χ1n) is 8.90. The van der Waals surface area contributed by atoms with Gasteiger partial charge in [-0.1, -0.05) is 56.3 Å². The van der Waals surface area contributed by atoms with Gasteiger partial charge in [0.2, 0.25) is 0 Å². The van der Waals surface area contributed by atoms with Crippen molar-refractivity contribution in [2.45, 2.75) is 32.7 Å². The molecule has 0 spiro atoms. The number of ether oxygens (including phenoxy) is 2. The van der Waals surface area contributed by atoms with Crippen LogP contribution in [0.2, 0.25) is 0 Å². The fraction of sp³-hybridized carbons (Fsp3) is 0.381. The van der Waals surface area contributed by atoms with E-state index in [4.69, 9.17) is 9.47 Å². The van der Waals surface area contributed by atoms with Gasteiger partial charge in [-0.3, -0.25) is 9.59 Å². The molecule has 0 bridgehead atoms. The number of benzene rings is 2. The Kier molecular flexibility index (Phi) is 7.34. The van der Waals surface area contributed by atoms with Crippen LogP contribution in [-0.4, -0.2) is 37.6 Å². The Morgan fingerprint density at radius 3 is 2.44 bits per heavy atom. The molecule has 0 aliphatic rings. The maximum atomic E-state index is 12.1. The summed E-state index contributed by atoms with van der Waals surface area (Å²) in [6, 6.07) is 12.7. The van der Waals surface area contributed by atoms with Crippen LogP contribution in [0.3, 0.4) is 0 Å². The molecule has 0 aliphatic heterocycles. The van der Waals surface area contributed by atoms with Crippen LogP contribution in [0.4, 0.5) is 0 Å². The highest BCUT2D eigenvalue weighted by Gasteiger charge is 2.23. The summed E-state index contributed by atoms with van der Waals surface area (Å²) in [6.45, 7) is 3.44. The van der Waals surface area contributed by atoms with Gasteiger partial charge < -0.3 is 14.8 Å². The van der Waals surface area contributed by atoms with E-state index in [0.717, 1.165) is 16.3 Å². The number of carbonyl (C=O) groups excluding carboxylic acids is 3. The Bertz CT molecular complexity index is 810. The predicted octanol–water partition coefficient (Wildman–Crippen LogP) is 2.63. The van der Waals surface area contributed by atoms with Crippen molar-refractivity contribution in [3.63, 3.8) is 0 Å². The minimum atomic E-state index is -0.751. The van der Waals surface area contributed by atoms with Crippen LogP contribution in [0, 0.1) is 5.92 Å². The minimum Gasteiger partial charge on any atom is -0.467 e. The van der Waals surface area contributed by atoms with Gasteiger partial charge in [0.15, 0.2) is 6.61 Å². The zero-order valence-electron chi connectivity index (χ0n) is 15.9. The zero-order valence-corrected chi connectivity index (χ0v) is 15.9. The number of hydrogen-bond donors (Lipinski definition) is 1. The highest BCUT2D eigenvalue weighted by Crippen LogP contribution is 2.19. The summed E-state index contributed by atoms with van der Waals surface area (Å²) in [5.74, 6) is -1.35. The topological polar surface area (TPSA) is 81.7 Å². The van der Waals surface area contributed by atoms with E-state index in [1.165, 1.54) is 7.11 Å². The van der Waals surface area contributed by atoms with Crippen LogP contribution in [0.25, 0.3) is 10.8 Å². The van der Waals surface area contributed by atoms with Crippen LogP contribution in [0.15, 0.2) is 42.5 Å². The van der Waals surface area contributed by atoms with Gasteiger partial charge in [0.1, 0.15) is 6.04 Å².